The molecule has 100 valence electrons. The fourth-order valence-electron chi connectivity index (χ4n) is 2.90. The summed E-state index contributed by atoms with van der Waals surface area (Å²) in [5.74, 6) is 1.04. The molecule has 0 amide bonds. The van der Waals surface area contributed by atoms with Crippen LogP contribution < -0.4 is 4.74 Å². The number of hydrogen-bond donors (Lipinski definition) is 0. The lowest BCUT2D eigenvalue weighted by molar-refractivity contribution is 0.409. The minimum atomic E-state index is 0.554. The van der Waals surface area contributed by atoms with Crippen LogP contribution >= 0.6 is 23.5 Å². The van der Waals surface area contributed by atoms with Gasteiger partial charge in [-0.3, -0.25) is 0 Å². The van der Waals surface area contributed by atoms with Crippen LogP contribution in [-0.4, -0.2) is 18.6 Å². The lowest BCUT2D eigenvalue weighted by Gasteiger charge is -2.30. The van der Waals surface area contributed by atoms with Crippen LogP contribution in [0.4, 0.5) is 0 Å². The highest BCUT2D eigenvalue weighted by Gasteiger charge is 2.27. The largest absolute Gasteiger partial charge is 0.496 e. The first-order valence-electron chi connectivity index (χ1n) is 6.57. The van der Waals surface area contributed by atoms with Crippen molar-refractivity contribution in [3.05, 3.63) is 45.2 Å². The summed E-state index contributed by atoms with van der Waals surface area (Å²) in [7, 11) is 1.77. The van der Waals surface area contributed by atoms with Crippen molar-refractivity contribution in [2.75, 3.05) is 13.4 Å². The van der Waals surface area contributed by atoms with Gasteiger partial charge in [0.2, 0.25) is 0 Å². The summed E-state index contributed by atoms with van der Waals surface area (Å²) in [4.78, 5) is 0. The summed E-state index contributed by atoms with van der Waals surface area (Å²) in [6.07, 6.45) is 6.82. The molecule has 1 aromatic carbocycles. The molecule has 3 rings (SSSR count). The molecule has 0 saturated heterocycles. The van der Waals surface area contributed by atoms with Crippen LogP contribution in [0.2, 0.25) is 0 Å². The van der Waals surface area contributed by atoms with Crippen LogP contribution in [0.1, 0.15) is 24.5 Å². The number of ether oxygens (including phenoxy) is 1. The molecule has 1 aliphatic heterocycles. The molecule has 0 N–H and O–H groups in total. The van der Waals surface area contributed by atoms with Crippen molar-refractivity contribution in [1.82, 2.24) is 0 Å². The van der Waals surface area contributed by atoms with E-state index in [4.69, 9.17) is 4.74 Å². The highest BCUT2D eigenvalue weighted by molar-refractivity contribution is 8.22. The van der Waals surface area contributed by atoms with Gasteiger partial charge in [-0.25, -0.2) is 0 Å². The van der Waals surface area contributed by atoms with Crippen molar-refractivity contribution >= 4 is 29.1 Å². The molecule has 1 unspecified atom stereocenters. The van der Waals surface area contributed by atoms with Crippen LogP contribution in [0, 0.1) is 0 Å². The quantitative estimate of drug-likeness (QED) is 0.779. The van der Waals surface area contributed by atoms with Crippen molar-refractivity contribution in [1.29, 1.82) is 0 Å². The van der Waals surface area contributed by atoms with Crippen LogP contribution in [0.25, 0.3) is 5.57 Å². The van der Waals surface area contributed by atoms with Gasteiger partial charge in [-0.1, -0.05) is 18.2 Å². The molecule has 0 saturated carbocycles. The number of thioether (sulfide) groups is 2. The standard InChI is InChI=1S/C16H18OS2/c1-10-9-14-11-5-4-6-15(17-2)12(11)7-8-13(14)16(18-3)19-10/h4-6,9-10H,7-8H2,1-3H3. The third-order valence-electron chi connectivity index (χ3n) is 3.72. The Balaban J connectivity index is 2.17. The Morgan fingerprint density at radius 3 is 2.89 bits per heavy atom. The van der Waals surface area contributed by atoms with Gasteiger partial charge < -0.3 is 4.74 Å². The number of fused-ring (bicyclic) bond motifs is 3. The highest BCUT2D eigenvalue weighted by atomic mass is 32.2. The third kappa shape index (κ3) is 2.23. The fourth-order valence-corrected chi connectivity index (χ4v) is 5.09. The van der Waals surface area contributed by atoms with Gasteiger partial charge in [0, 0.05) is 15.1 Å². The van der Waals surface area contributed by atoms with E-state index in [1.54, 1.807) is 7.11 Å². The van der Waals surface area contributed by atoms with Crippen molar-refractivity contribution < 1.29 is 4.74 Å². The van der Waals surface area contributed by atoms with E-state index in [0.717, 1.165) is 18.6 Å². The average Bonchev–Trinajstić information content (AvgIpc) is 2.45. The van der Waals surface area contributed by atoms with Gasteiger partial charge in [0.05, 0.1) is 7.11 Å². The molecule has 1 atom stereocenters. The van der Waals surface area contributed by atoms with Gasteiger partial charge in [-0.15, -0.1) is 23.5 Å². The molecule has 1 nitrogen and oxygen atoms in total. The number of rotatable bonds is 2. The molecule has 0 spiro atoms. The first kappa shape index (κ1) is 13.2. The maximum Gasteiger partial charge on any atom is 0.122 e. The fraction of sp³-hybridized carbons (Fsp3) is 0.375. The van der Waals surface area contributed by atoms with Crippen LogP contribution in [-0.2, 0) is 6.42 Å². The molecule has 1 aliphatic carbocycles. The zero-order valence-electron chi connectivity index (χ0n) is 11.5. The summed E-state index contributed by atoms with van der Waals surface area (Å²) in [6, 6.07) is 6.42. The smallest absolute Gasteiger partial charge is 0.122 e. The topological polar surface area (TPSA) is 9.23 Å². The predicted molar refractivity (Wildman–Crippen MR) is 86.9 cm³/mol. The minimum Gasteiger partial charge on any atom is -0.496 e. The first-order valence-corrected chi connectivity index (χ1v) is 8.67. The first-order chi connectivity index (χ1) is 9.24. The summed E-state index contributed by atoms with van der Waals surface area (Å²) in [5, 5.41) is 0.554. The second-order valence-corrected chi connectivity index (χ2v) is 7.32. The van der Waals surface area contributed by atoms with E-state index in [1.165, 1.54) is 26.5 Å². The Kier molecular flexibility index (Phi) is 3.68. The molecule has 3 heteroatoms. The minimum absolute atomic E-state index is 0.554. The predicted octanol–water partition coefficient (Wildman–Crippen LogP) is 4.73. The molecule has 0 fully saturated rings. The molecule has 0 radical (unpaired) electrons. The monoisotopic (exact) mass is 290 g/mol. The summed E-state index contributed by atoms with van der Waals surface area (Å²) in [5.41, 5.74) is 5.73. The Labute approximate surface area is 123 Å². The van der Waals surface area contributed by atoms with Crippen molar-refractivity contribution in [3.63, 3.8) is 0 Å². The maximum absolute atomic E-state index is 5.52. The molecule has 1 aromatic rings. The summed E-state index contributed by atoms with van der Waals surface area (Å²) in [6.45, 7) is 2.28. The van der Waals surface area contributed by atoms with Gasteiger partial charge in [0.15, 0.2) is 0 Å². The van der Waals surface area contributed by atoms with E-state index in [2.05, 4.69) is 37.5 Å². The number of methoxy groups -OCH3 is 1. The van der Waals surface area contributed by atoms with Crippen LogP contribution in [0.5, 0.6) is 5.75 Å². The summed E-state index contributed by atoms with van der Waals surface area (Å²) >= 11 is 3.88. The second kappa shape index (κ2) is 5.29. The van der Waals surface area contributed by atoms with Crippen molar-refractivity contribution in [2.45, 2.75) is 25.0 Å². The SMILES string of the molecule is COc1cccc2c1CCC1=C(SC)SC(C)C=C12. The Bertz CT molecular complexity index is 572. The van der Waals surface area contributed by atoms with Crippen LogP contribution in [0.3, 0.4) is 0 Å². The van der Waals surface area contributed by atoms with Gasteiger partial charge >= 0.3 is 0 Å². The molecule has 2 aliphatic rings. The average molecular weight is 290 g/mol. The van der Waals surface area contributed by atoms with Gasteiger partial charge in [-0.05, 0) is 48.8 Å². The lowest BCUT2D eigenvalue weighted by atomic mass is 9.83. The number of benzene rings is 1. The normalized spacial score (nSPS) is 21.6. The molecule has 1 heterocycles. The maximum atomic E-state index is 5.52. The van der Waals surface area contributed by atoms with Crippen molar-refractivity contribution in [3.8, 4) is 5.75 Å². The van der Waals surface area contributed by atoms with E-state index in [0.29, 0.717) is 5.25 Å². The van der Waals surface area contributed by atoms with E-state index in [1.807, 2.05) is 23.5 Å². The molecular formula is C16H18OS2. The Morgan fingerprint density at radius 2 is 2.16 bits per heavy atom. The second-order valence-electron chi connectivity index (χ2n) is 4.86. The van der Waals surface area contributed by atoms with E-state index < -0.39 is 0 Å². The lowest BCUT2D eigenvalue weighted by Crippen LogP contribution is -2.12. The molecule has 19 heavy (non-hydrogen) atoms. The Morgan fingerprint density at radius 1 is 1.32 bits per heavy atom. The zero-order chi connectivity index (χ0) is 13.4. The van der Waals surface area contributed by atoms with Gasteiger partial charge in [-0.2, -0.15) is 0 Å². The van der Waals surface area contributed by atoms with Gasteiger partial charge in [0.1, 0.15) is 5.75 Å². The third-order valence-corrected chi connectivity index (χ3v) is 6.09. The molecular weight excluding hydrogens is 272 g/mol. The molecule has 0 bridgehead atoms. The Hall–Kier alpha value is -0.800. The number of allylic oxidation sites excluding steroid dienone is 2. The molecule has 0 aromatic heterocycles. The summed E-state index contributed by atoms with van der Waals surface area (Å²) < 4.78 is 7.02. The van der Waals surface area contributed by atoms with E-state index in [-0.39, 0.29) is 0 Å². The van der Waals surface area contributed by atoms with Crippen molar-refractivity contribution in [2.24, 2.45) is 0 Å². The number of hydrogen-bond acceptors (Lipinski definition) is 3. The van der Waals surface area contributed by atoms with E-state index in [9.17, 15) is 0 Å². The van der Waals surface area contributed by atoms with E-state index >= 15 is 0 Å². The highest BCUT2D eigenvalue weighted by Crippen LogP contribution is 2.49. The van der Waals surface area contributed by atoms with Gasteiger partial charge in [0.25, 0.3) is 0 Å². The van der Waals surface area contributed by atoms with Crippen LogP contribution in [0.15, 0.2) is 34.1 Å². The zero-order valence-corrected chi connectivity index (χ0v) is 13.2.